The topological polar surface area (TPSA) is 0 Å². The Morgan fingerprint density at radius 1 is 1.20 bits per heavy atom. The number of hydrogen-bond donors (Lipinski definition) is 0. The molecule has 0 heterocycles. The second-order valence-electron chi connectivity index (χ2n) is 2.39. The summed E-state index contributed by atoms with van der Waals surface area (Å²) >= 11 is 0.658. The summed E-state index contributed by atoms with van der Waals surface area (Å²) in [5, 5.41) is 2.69. The Hall–Kier alpha value is -0.248. The molecule has 0 spiro atoms. The van der Waals surface area contributed by atoms with Gasteiger partial charge in [0.15, 0.2) is 0 Å². The van der Waals surface area contributed by atoms with E-state index in [0.717, 1.165) is 0 Å². The molecule has 0 N–H and O–H groups in total. The van der Waals surface area contributed by atoms with Gasteiger partial charge in [-0.2, -0.15) is 0 Å². The summed E-state index contributed by atoms with van der Waals surface area (Å²) in [6.07, 6.45) is 0. The summed E-state index contributed by atoms with van der Waals surface area (Å²) in [5.74, 6) is 0. The van der Waals surface area contributed by atoms with E-state index in [1.807, 2.05) is 0 Å². The van der Waals surface area contributed by atoms with Crippen LogP contribution in [0.1, 0.15) is 12.5 Å². The second kappa shape index (κ2) is 4.55. The van der Waals surface area contributed by atoms with Crippen molar-refractivity contribution < 1.29 is 0 Å². The molecule has 1 aromatic carbocycles. The monoisotopic (exact) mass is 147 g/mol. The third kappa shape index (κ3) is 2.56. The van der Waals surface area contributed by atoms with Crippen LogP contribution in [0.15, 0.2) is 30.3 Å². The molecule has 0 saturated heterocycles. The van der Waals surface area contributed by atoms with Crippen molar-refractivity contribution in [3.8, 4) is 0 Å². The zero-order valence-corrected chi connectivity index (χ0v) is 7.53. The number of benzene rings is 1. The molecule has 1 rings (SSSR count). The van der Waals surface area contributed by atoms with Gasteiger partial charge in [0.05, 0.1) is 0 Å². The van der Waals surface area contributed by atoms with Gasteiger partial charge in [0, 0.05) is 0 Å². The Bertz CT molecular complexity index is 169. The predicted octanol–water partition coefficient (Wildman–Crippen LogP) is 2.33. The fourth-order valence-electron chi connectivity index (χ4n) is 0.925. The molecule has 0 aliphatic heterocycles. The van der Waals surface area contributed by atoms with Crippen molar-refractivity contribution in [2.75, 3.05) is 0 Å². The van der Waals surface area contributed by atoms with Gasteiger partial charge < -0.3 is 0 Å². The SMILES string of the molecule is C[CH2][Al+][CH2]c1ccccc1. The van der Waals surface area contributed by atoms with Crippen LogP contribution in [0.2, 0.25) is 5.28 Å². The molecule has 0 aliphatic carbocycles. The molecule has 0 saturated carbocycles. The molecule has 50 valence electrons. The van der Waals surface area contributed by atoms with Gasteiger partial charge in [-0.25, -0.2) is 0 Å². The zero-order valence-electron chi connectivity index (χ0n) is 6.38. The van der Waals surface area contributed by atoms with Gasteiger partial charge in [0.25, 0.3) is 0 Å². The van der Waals surface area contributed by atoms with E-state index in [4.69, 9.17) is 0 Å². The van der Waals surface area contributed by atoms with E-state index in [9.17, 15) is 0 Å². The Balaban J connectivity index is 2.43. The van der Waals surface area contributed by atoms with Gasteiger partial charge >= 0.3 is 68.6 Å². The first-order valence-electron chi connectivity index (χ1n) is 3.79. The average Bonchev–Trinajstić information content (AvgIpc) is 2.03. The molecule has 0 bridgehead atoms. The summed E-state index contributed by atoms with van der Waals surface area (Å²) in [7, 11) is 0. The predicted molar refractivity (Wildman–Crippen MR) is 46.4 cm³/mol. The van der Waals surface area contributed by atoms with Gasteiger partial charge in [-0.15, -0.1) is 0 Å². The Morgan fingerprint density at radius 2 is 1.90 bits per heavy atom. The molecular weight excluding hydrogens is 135 g/mol. The van der Waals surface area contributed by atoms with Gasteiger partial charge in [0.1, 0.15) is 0 Å². The van der Waals surface area contributed by atoms with Crippen molar-refractivity contribution in [3.05, 3.63) is 35.9 Å². The maximum atomic E-state index is 2.26. The summed E-state index contributed by atoms with van der Waals surface area (Å²) in [6, 6.07) is 10.7. The van der Waals surface area contributed by atoms with E-state index in [2.05, 4.69) is 37.3 Å². The van der Waals surface area contributed by atoms with Gasteiger partial charge in [0.2, 0.25) is 0 Å². The van der Waals surface area contributed by atoms with Gasteiger partial charge in [-0.1, -0.05) is 0 Å². The number of hydrogen-bond acceptors (Lipinski definition) is 0. The molecule has 1 aromatic rings. The minimum absolute atomic E-state index is 0.658. The van der Waals surface area contributed by atoms with E-state index in [1.54, 1.807) is 0 Å². The van der Waals surface area contributed by atoms with Crippen LogP contribution in [-0.4, -0.2) is 15.2 Å². The van der Waals surface area contributed by atoms with Crippen LogP contribution < -0.4 is 0 Å². The summed E-state index contributed by atoms with van der Waals surface area (Å²) in [5.41, 5.74) is 1.50. The molecule has 0 aliphatic rings. The molecule has 1 heteroatoms. The van der Waals surface area contributed by atoms with Crippen molar-refractivity contribution in [3.63, 3.8) is 0 Å². The quantitative estimate of drug-likeness (QED) is 0.575. The van der Waals surface area contributed by atoms with Gasteiger partial charge in [-0.05, 0) is 0 Å². The third-order valence-corrected chi connectivity index (χ3v) is 2.85. The van der Waals surface area contributed by atoms with Gasteiger partial charge in [-0.3, -0.25) is 0 Å². The van der Waals surface area contributed by atoms with Crippen LogP contribution in [0.3, 0.4) is 0 Å². The fraction of sp³-hybridized carbons (Fsp3) is 0.333. The van der Waals surface area contributed by atoms with E-state index < -0.39 is 0 Å². The molecule has 0 radical (unpaired) electrons. The molecular formula is C9H12Al+. The maximum absolute atomic E-state index is 2.26. The van der Waals surface area contributed by atoms with Crippen LogP contribution in [0.25, 0.3) is 0 Å². The van der Waals surface area contributed by atoms with Crippen molar-refractivity contribution in [2.45, 2.75) is 17.5 Å². The Morgan fingerprint density at radius 3 is 2.50 bits per heavy atom. The van der Waals surface area contributed by atoms with Crippen molar-refractivity contribution >= 4 is 15.2 Å². The first-order chi connectivity index (χ1) is 4.93. The first kappa shape index (κ1) is 7.86. The summed E-state index contributed by atoms with van der Waals surface area (Å²) in [4.78, 5) is 0. The Kier molecular flexibility index (Phi) is 3.57. The average molecular weight is 147 g/mol. The van der Waals surface area contributed by atoms with Crippen LogP contribution >= 0.6 is 0 Å². The second-order valence-corrected chi connectivity index (χ2v) is 4.19. The van der Waals surface area contributed by atoms with Crippen molar-refractivity contribution in [2.24, 2.45) is 0 Å². The van der Waals surface area contributed by atoms with E-state index in [1.165, 1.54) is 16.1 Å². The van der Waals surface area contributed by atoms with Crippen LogP contribution in [0.5, 0.6) is 0 Å². The number of rotatable bonds is 3. The summed E-state index contributed by atoms with van der Waals surface area (Å²) < 4.78 is 0. The first-order valence-corrected chi connectivity index (χ1v) is 5.42. The zero-order chi connectivity index (χ0) is 7.23. The van der Waals surface area contributed by atoms with Crippen LogP contribution in [0.4, 0.5) is 0 Å². The summed E-state index contributed by atoms with van der Waals surface area (Å²) in [6.45, 7) is 2.26. The minimum atomic E-state index is 0.658. The van der Waals surface area contributed by atoms with Crippen LogP contribution in [-0.2, 0) is 5.28 Å². The van der Waals surface area contributed by atoms with Crippen molar-refractivity contribution in [1.29, 1.82) is 0 Å². The molecule has 0 fully saturated rings. The third-order valence-electron chi connectivity index (χ3n) is 1.51. The molecule has 0 aromatic heterocycles. The van der Waals surface area contributed by atoms with E-state index >= 15 is 0 Å². The van der Waals surface area contributed by atoms with E-state index in [-0.39, 0.29) is 0 Å². The Labute approximate surface area is 69.0 Å². The molecule has 0 amide bonds. The van der Waals surface area contributed by atoms with E-state index in [0.29, 0.717) is 15.2 Å². The standard InChI is InChI=1S/C7H7.C2H5.Al/c1-7-5-3-2-4-6-7;1-2;/h2-6H,1H2;1H2,2H3;/q;;+1. The normalized spacial score (nSPS) is 8.90. The fourth-order valence-corrected chi connectivity index (χ4v) is 1.82. The molecule has 0 atom stereocenters. The molecule has 0 unspecified atom stereocenters. The molecule has 10 heavy (non-hydrogen) atoms. The van der Waals surface area contributed by atoms with Crippen molar-refractivity contribution in [1.82, 2.24) is 0 Å². The van der Waals surface area contributed by atoms with Crippen LogP contribution in [0, 0.1) is 0 Å². The molecule has 0 nitrogen and oxygen atoms in total.